The second kappa shape index (κ2) is 10.9. The monoisotopic (exact) mass is 492 g/mol. The Morgan fingerprint density at radius 2 is 1.28 bits per heavy atom. The van der Waals surface area contributed by atoms with Crippen LogP contribution in [0, 0.1) is 5.92 Å². The Bertz CT molecular complexity index is 1020. The van der Waals surface area contributed by atoms with Crippen LogP contribution >= 0.6 is 0 Å². The van der Waals surface area contributed by atoms with Crippen molar-refractivity contribution in [2.45, 2.75) is 90.5 Å². The molecule has 194 valence electrons. The number of ether oxygens (including phenoxy) is 2. The summed E-state index contributed by atoms with van der Waals surface area (Å²) >= 11 is 0. The average molecular weight is 493 g/mol. The minimum atomic E-state index is -1.09. The Labute approximate surface area is 215 Å². The summed E-state index contributed by atoms with van der Waals surface area (Å²) in [5.41, 5.74) is 0.382. The van der Waals surface area contributed by atoms with Gasteiger partial charge in [0.1, 0.15) is 11.2 Å². The molecule has 0 saturated heterocycles. The Balaban J connectivity index is 1.86. The number of aliphatic imine (C=N–C) groups is 1. The van der Waals surface area contributed by atoms with Gasteiger partial charge in [-0.25, -0.2) is 9.59 Å². The number of amides is 1. The molecule has 0 radical (unpaired) electrons. The van der Waals surface area contributed by atoms with E-state index in [9.17, 15) is 9.59 Å². The van der Waals surface area contributed by atoms with Crippen LogP contribution in [0.5, 0.6) is 0 Å². The highest BCUT2D eigenvalue weighted by molar-refractivity contribution is 6.13. The molecule has 1 atom stereocenters. The first-order valence-corrected chi connectivity index (χ1v) is 12.7. The van der Waals surface area contributed by atoms with Crippen molar-refractivity contribution in [1.82, 2.24) is 5.32 Å². The van der Waals surface area contributed by atoms with E-state index in [-0.39, 0.29) is 17.9 Å². The fraction of sp³-hybridized carbons (Fsp3) is 0.500. The third kappa shape index (κ3) is 7.94. The number of nitrogens with one attached hydrogen (secondary N) is 1. The molecule has 1 amide bonds. The number of rotatable bonds is 7. The largest absolute Gasteiger partial charge is 0.458 e. The first kappa shape index (κ1) is 27.4. The van der Waals surface area contributed by atoms with E-state index in [1.165, 1.54) is 0 Å². The van der Waals surface area contributed by atoms with Gasteiger partial charge in [-0.2, -0.15) is 0 Å². The molecule has 6 nitrogen and oxygen atoms in total. The minimum Gasteiger partial charge on any atom is -0.458 e. The quantitative estimate of drug-likeness (QED) is 0.363. The van der Waals surface area contributed by atoms with Gasteiger partial charge in [0.2, 0.25) is 0 Å². The normalized spacial score (nSPS) is 19.3. The van der Waals surface area contributed by atoms with Crippen molar-refractivity contribution >= 4 is 17.8 Å². The summed E-state index contributed by atoms with van der Waals surface area (Å²) in [5, 5.41) is 2.94. The minimum absolute atomic E-state index is 0.0273. The smallest absolute Gasteiger partial charge is 0.407 e. The summed E-state index contributed by atoms with van der Waals surface area (Å²) in [6, 6.07) is 19.9. The lowest BCUT2D eigenvalue weighted by molar-refractivity contribution is -0.162. The van der Waals surface area contributed by atoms with E-state index in [1.807, 2.05) is 109 Å². The zero-order valence-corrected chi connectivity index (χ0v) is 22.6. The standard InChI is InChI=1S/C30H40N2O4/c1-28(2,3)35-26(33)30(7,20-21-18-24(19-21)31-27(34)36-29(4,5)6)32-25(22-14-10-8-11-15-22)23-16-12-9-13-17-23/h8-17,21,24H,18-20H2,1-7H3,(H,31,34)/t21-,24-,30-/m0/s1. The Kier molecular flexibility index (Phi) is 8.27. The van der Waals surface area contributed by atoms with Crippen LogP contribution < -0.4 is 5.32 Å². The fourth-order valence-corrected chi connectivity index (χ4v) is 4.35. The van der Waals surface area contributed by atoms with Crippen LogP contribution in [0.1, 0.15) is 78.9 Å². The first-order chi connectivity index (χ1) is 16.7. The SMILES string of the molecule is CC(C)(C)OC(=O)N[C@H]1C[C@H](C[C@](C)(N=C(c2ccccc2)c2ccccc2)C(=O)OC(C)(C)C)C1. The maximum absolute atomic E-state index is 13.6. The molecule has 0 unspecified atom stereocenters. The molecule has 6 heteroatoms. The Morgan fingerprint density at radius 3 is 1.72 bits per heavy atom. The lowest BCUT2D eigenvalue weighted by Crippen LogP contribution is -2.49. The molecule has 0 bridgehead atoms. The third-order valence-electron chi connectivity index (χ3n) is 5.93. The van der Waals surface area contributed by atoms with Gasteiger partial charge >= 0.3 is 12.1 Å². The zero-order chi connectivity index (χ0) is 26.6. The van der Waals surface area contributed by atoms with Crippen LogP contribution in [0.4, 0.5) is 4.79 Å². The molecule has 1 N–H and O–H groups in total. The van der Waals surface area contributed by atoms with Crippen LogP contribution in [0.3, 0.4) is 0 Å². The molecular formula is C30H40N2O4. The van der Waals surface area contributed by atoms with Gasteiger partial charge in [-0.1, -0.05) is 60.7 Å². The van der Waals surface area contributed by atoms with Crippen LogP contribution in [-0.2, 0) is 14.3 Å². The summed E-state index contributed by atoms with van der Waals surface area (Å²) < 4.78 is 11.2. The second-order valence-electron chi connectivity index (χ2n) is 11.9. The maximum Gasteiger partial charge on any atom is 0.407 e. The highest BCUT2D eigenvalue weighted by Gasteiger charge is 2.43. The Morgan fingerprint density at radius 1 is 0.806 bits per heavy atom. The molecule has 0 spiro atoms. The van der Waals surface area contributed by atoms with Gasteiger partial charge in [-0.3, -0.25) is 4.99 Å². The number of benzene rings is 2. The molecule has 1 aliphatic carbocycles. The molecule has 0 aliphatic heterocycles. The summed E-state index contributed by atoms with van der Waals surface area (Å²) in [4.78, 5) is 30.8. The number of hydrogen-bond donors (Lipinski definition) is 1. The molecular weight excluding hydrogens is 452 g/mol. The van der Waals surface area contributed by atoms with Gasteiger partial charge in [-0.15, -0.1) is 0 Å². The number of carbonyl (C=O) groups excluding carboxylic acids is 2. The number of hydrogen-bond acceptors (Lipinski definition) is 5. The number of carbonyl (C=O) groups is 2. The number of alkyl carbamates (subject to hydrolysis) is 1. The molecule has 0 aromatic heterocycles. The van der Waals surface area contributed by atoms with Crippen molar-refractivity contribution in [3.8, 4) is 0 Å². The lowest BCUT2D eigenvalue weighted by atomic mass is 9.73. The van der Waals surface area contributed by atoms with Crippen LogP contribution in [0.2, 0.25) is 0 Å². The van der Waals surface area contributed by atoms with E-state index < -0.39 is 22.8 Å². The van der Waals surface area contributed by atoms with Crippen molar-refractivity contribution < 1.29 is 19.1 Å². The third-order valence-corrected chi connectivity index (χ3v) is 5.93. The molecule has 1 saturated carbocycles. The topological polar surface area (TPSA) is 77.0 Å². The number of esters is 1. The molecule has 0 heterocycles. The molecule has 1 fully saturated rings. The van der Waals surface area contributed by atoms with E-state index in [0.29, 0.717) is 6.42 Å². The van der Waals surface area contributed by atoms with Gasteiger partial charge in [0.05, 0.1) is 5.71 Å². The molecule has 2 aromatic carbocycles. The van der Waals surface area contributed by atoms with E-state index in [4.69, 9.17) is 14.5 Å². The first-order valence-electron chi connectivity index (χ1n) is 12.7. The second-order valence-corrected chi connectivity index (χ2v) is 11.9. The highest BCUT2D eigenvalue weighted by Crippen LogP contribution is 2.38. The summed E-state index contributed by atoms with van der Waals surface area (Å²) in [6.45, 7) is 13.0. The van der Waals surface area contributed by atoms with Crippen molar-refractivity contribution in [2.24, 2.45) is 10.9 Å². The van der Waals surface area contributed by atoms with Crippen molar-refractivity contribution in [3.63, 3.8) is 0 Å². The van der Waals surface area contributed by atoms with E-state index in [0.717, 1.165) is 29.7 Å². The molecule has 1 aliphatic rings. The van der Waals surface area contributed by atoms with Gasteiger partial charge < -0.3 is 14.8 Å². The number of nitrogens with zero attached hydrogens (tertiary/aromatic N) is 1. The van der Waals surface area contributed by atoms with Gasteiger partial charge in [-0.05, 0) is 73.6 Å². The fourth-order valence-electron chi connectivity index (χ4n) is 4.35. The average Bonchev–Trinajstić information content (AvgIpc) is 2.75. The molecule has 3 rings (SSSR count). The summed E-state index contributed by atoms with van der Waals surface area (Å²) in [6.07, 6.45) is 1.64. The summed E-state index contributed by atoms with van der Waals surface area (Å²) in [5.74, 6) is -0.123. The van der Waals surface area contributed by atoms with Crippen LogP contribution in [0.25, 0.3) is 0 Å². The predicted molar refractivity (Wildman–Crippen MR) is 143 cm³/mol. The summed E-state index contributed by atoms with van der Waals surface area (Å²) in [7, 11) is 0. The molecule has 36 heavy (non-hydrogen) atoms. The highest BCUT2D eigenvalue weighted by atomic mass is 16.6. The van der Waals surface area contributed by atoms with Crippen molar-refractivity contribution in [1.29, 1.82) is 0 Å². The van der Waals surface area contributed by atoms with E-state index in [2.05, 4.69) is 5.32 Å². The van der Waals surface area contributed by atoms with Crippen LogP contribution in [0.15, 0.2) is 65.7 Å². The zero-order valence-electron chi connectivity index (χ0n) is 22.6. The maximum atomic E-state index is 13.6. The molecule has 2 aromatic rings. The van der Waals surface area contributed by atoms with Crippen LogP contribution in [-0.4, -0.2) is 40.6 Å². The predicted octanol–water partition coefficient (Wildman–Crippen LogP) is 6.32. The van der Waals surface area contributed by atoms with Gasteiger partial charge in [0, 0.05) is 17.2 Å². The lowest BCUT2D eigenvalue weighted by Gasteiger charge is -2.40. The van der Waals surface area contributed by atoms with Gasteiger partial charge in [0.15, 0.2) is 5.54 Å². The van der Waals surface area contributed by atoms with Crippen molar-refractivity contribution in [3.05, 3.63) is 71.8 Å². The van der Waals surface area contributed by atoms with Crippen molar-refractivity contribution in [2.75, 3.05) is 0 Å². The van der Waals surface area contributed by atoms with Gasteiger partial charge in [0.25, 0.3) is 0 Å². The van der Waals surface area contributed by atoms with E-state index >= 15 is 0 Å². The Hall–Kier alpha value is -3.15. The van der Waals surface area contributed by atoms with E-state index in [1.54, 1.807) is 0 Å².